The van der Waals surface area contributed by atoms with Gasteiger partial charge in [0.1, 0.15) is 11.6 Å². The second-order valence-corrected chi connectivity index (χ2v) is 14.7. The molecule has 4 rings (SSSR count). The molecule has 0 aromatic carbocycles. The molecule has 0 saturated carbocycles. The van der Waals surface area contributed by atoms with E-state index in [1.165, 1.54) is 16.8 Å². The summed E-state index contributed by atoms with van der Waals surface area (Å²) in [6.45, 7) is 14.2. The lowest BCUT2D eigenvalue weighted by atomic mass is 10.00. The van der Waals surface area contributed by atoms with Crippen LogP contribution in [-0.2, 0) is 13.6 Å². The maximum absolute atomic E-state index is 12.3. The highest BCUT2D eigenvalue weighted by Crippen LogP contribution is 2.58. The molecule has 4 heterocycles. The lowest BCUT2D eigenvalue weighted by Crippen LogP contribution is -2.66. The van der Waals surface area contributed by atoms with Crippen molar-refractivity contribution < 1.29 is 13.6 Å². The fourth-order valence-electron chi connectivity index (χ4n) is 4.87. The fourth-order valence-corrected chi connectivity index (χ4v) is 9.88. The van der Waals surface area contributed by atoms with Crippen molar-refractivity contribution in [2.45, 2.75) is 75.6 Å². The Hall–Kier alpha value is -1.26. The predicted octanol–water partition coefficient (Wildman–Crippen LogP) is 1.23. The van der Waals surface area contributed by atoms with Crippen molar-refractivity contribution >= 4 is 8.56 Å². The molecule has 1 aromatic rings. The van der Waals surface area contributed by atoms with Crippen LogP contribution in [0.25, 0.3) is 0 Å². The Morgan fingerprint density at radius 2 is 1.81 bits per heavy atom. The molecule has 1 aromatic heterocycles. The van der Waals surface area contributed by atoms with Gasteiger partial charge in [-0.3, -0.25) is 14.3 Å². The van der Waals surface area contributed by atoms with Crippen LogP contribution in [0.4, 0.5) is 0 Å². The Balaban J connectivity index is 1.73. The van der Waals surface area contributed by atoms with Crippen LogP contribution >= 0.6 is 0 Å². The van der Waals surface area contributed by atoms with E-state index in [0.717, 1.165) is 0 Å². The van der Waals surface area contributed by atoms with E-state index in [-0.39, 0.29) is 22.3 Å². The van der Waals surface area contributed by atoms with E-state index in [9.17, 15) is 9.59 Å². The summed E-state index contributed by atoms with van der Waals surface area (Å²) >= 11 is 0. The molecule has 0 amide bonds. The van der Waals surface area contributed by atoms with Gasteiger partial charge in [-0.15, -0.1) is 0 Å². The van der Waals surface area contributed by atoms with Gasteiger partial charge in [0.05, 0.1) is 12.7 Å². The van der Waals surface area contributed by atoms with Gasteiger partial charge in [0.2, 0.25) is 0 Å². The third-order valence-electron chi connectivity index (χ3n) is 6.00. The summed E-state index contributed by atoms with van der Waals surface area (Å²) in [5.41, 5.74) is -1.36. The van der Waals surface area contributed by atoms with Crippen molar-refractivity contribution in [1.29, 1.82) is 0 Å². The summed E-state index contributed by atoms with van der Waals surface area (Å²) in [7, 11) is -2.64. The lowest BCUT2D eigenvalue weighted by Gasteiger charge is -2.53. The number of aromatic nitrogens is 2. The zero-order valence-electron chi connectivity index (χ0n) is 16.8. The van der Waals surface area contributed by atoms with E-state index in [2.05, 4.69) is 51.8 Å². The molecular weight excluding hydrogens is 366 g/mol. The molecule has 3 aliphatic rings. The summed E-state index contributed by atoms with van der Waals surface area (Å²) in [4.78, 5) is 26.1. The predicted molar refractivity (Wildman–Crippen MR) is 102 cm³/mol. The summed E-state index contributed by atoms with van der Waals surface area (Å²) in [6.07, 6.45) is 0.504. The number of nitrogens with one attached hydrogen (secondary N) is 2. The van der Waals surface area contributed by atoms with Crippen molar-refractivity contribution in [3.63, 3.8) is 0 Å². The molecule has 3 saturated heterocycles. The van der Waals surface area contributed by atoms with Crippen LogP contribution in [0.3, 0.4) is 0 Å². The standard InChI is InChI=1S/C18H29N3O5Si/c1-16(2,3)27(17(4,5)6)24-9-11-13(26-27)18(10-19-18)14(25-11)21-8-7-12(22)20-15(21)23/h7-8,11,13-14,19H,9-10H2,1-6H3,(H,20,22,23)/t11-,13+,14-,18?/m1/s1. The average molecular weight is 396 g/mol. The highest BCUT2D eigenvalue weighted by Gasteiger charge is 2.72. The van der Waals surface area contributed by atoms with Gasteiger partial charge in [-0.05, 0) is 0 Å². The second kappa shape index (κ2) is 5.63. The van der Waals surface area contributed by atoms with Crippen molar-refractivity contribution in [3.05, 3.63) is 33.1 Å². The van der Waals surface area contributed by atoms with Crippen molar-refractivity contribution in [3.8, 4) is 0 Å². The van der Waals surface area contributed by atoms with Crippen LogP contribution in [-0.4, -0.2) is 49.0 Å². The maximum atomic E-state index is 12.3. The van der Waals surface area contributed by atoms with E-state index in [1.807, 2.05) is 0 Å². The molecule has 0 aliphatic carbocycles. The molecule has 27 heavy (non-hydrogen) atoms. The van der Waals surface area contributed by atoms with Crippen molar-refractivity contribution in [1.82, 2.24) is 14.9 Å². The first kappa shape index (κ1) is 19.1. The minimum absolute atomic E-state index is 0.126. The Morgan fingerprint density at radius 1 is 1.19 bits per heavy atom. The molecule has 3 aliphatic heterocycles. The molecule has 3 fully saturated rings. The number of H-pyrrole nitrogens is 1. The van der Waals surface area contributed by atoms with Crippen LogP contribution < -0.4 is 16.6 Å². The Morgan fingerprint density at radius 3 is 2.33 bits per heavy atom. The maximum Gasteiger partial charge on any atom is 0.349 e. The molecule has 1 unspecified atom stereocenters. The van der Waals surface area contributed by atoms with Gasteiger partial charge in [0.15, 0.2) is 6.23 Å². The zero-order valence-corrected chi connectivity index (χ0v) is 17.8. The van der Waals surface area contributed by atoms with Gasteiger partial charge in [-0.2, -0.15) is 0 Å². The monoisotopic (exact) mass is 395 g/mol. The molecular formula is C18H29N3O5Si. The van der Waals surface area contributed by atoms with Gasteiger partial charge in [0, 0.05) is 28.9 Å². The first-order valence-electron chi connectivity index (χ1n) is 9.45. The van der Waals surface area contributed by atoms with E-state index in [1.54, 1.807) is 0 Å². The molecule has 0 radical (unpaired) electrons. The minimum Gasteiger partial charge on any atom is -0.391 e. The SMILES string of the molecule is CC(C)(C)[Si]1(C(C)(C)C)OC[C@H]2O[C@@H](n3ccc(=O)[nH]c3=O)C3(CN3)[C@H]2O1. The number of aromatic amines is 1. The van der Waals surface area contributed by atoms with E-state index < -0.39 is 31.6 Å². The Kier molecular flexibility index (Phi) is 3.98. The summed E-state index contributed by atoms with van der Waals surface area (Å²) in [6, 6.07) is 1.34. The third-order valence-corrected chi connectivity index (χ3v) is 11.1. The third kappa shape index (κ3) is 2.63. The number of hydrogen-bond acceptors (Lipinski definition) is 6. The number of rotatable bonds is 1. The smallest absolute Gasteiger partial charge is 0.349 e. The number of fused-ring (bicyclic) bond motifs is 2. The highest BCUT2D eigenvalue weighted by atomic mass is 28.4. The Labute approximate surface area is 159 Å². The zero-order chi connectivity index (χ0) is 19.8. The molecule has 8 nitrogen and oxygen atoms in total. The van der Waals surface area contributed by atoms with E-state index >= 15 is 0 Å². The summed E-state index contributed by atoms with van der Waals surface area (Å²) in [5, 5.41) is 3.15. The van der Waals surface area contributed by atoms with Gasteiger partial charge < -0.3 is 18.9 Å². The van der Waals surface area contributed by atoms with Gasteiger partial charge >= 0.3 is 14.3 Å². The number of hydrogen-bond donors (Lipinski definition) is 2. The van der Waals surface area contributed by atoms with Crippen molar-refractivity contribution in [2.75, 3.05) is 13.2 Å². The Bertz CT molecular complexity index is 847. The first-order valence-corrected chi connectivity index (χ1v) is 11.3. The van der Waals surface area contributed by atoms with Crippen LogP contribution in [0, 0.1) is 0 Å². The van der Waals surface area contributed by atoms with Crippen LogP contribution in [0.2, 0.25) is 10.1 Å². The van der Waals surface area contributed by atoms with Crippen LogP contribution in [0.15, 0.2) is 21.9 Å². The topological polar surface area (TPSA) is 104 Å². The van der Waals surface area contributed by atoms with Gasteiger partial charge in [-0.1, -0.05) is 41.5 Å². The lowest BCUT2D eigenvalue weighted by molar-refractivity contribution is -0.0808. The average Bonchev–Trinajstić information content (AvgIpc) is 3.26. The first-order chi connectivity index (χ1) is 12.4. The summed E-state index contributed by atoms with van der Waals surface area (Å²) < 4.78 is 21.0. The van der Waals surface area contributed by atoms with Crippen molar-refractivity contribution in [2.24, 2.45) is 0 Å². The highest BCUT2D eigenvalue weighted by molar-refractivity contribution is 6.73. The van der Waals surface area contributed by atoms with E-state index in [0.29, 0.717) is 13.2 Å². The molecule has 0 bridgehead atoms. The minimum atomic E-state index is -2.64. The van der Waals surface area contributed by atoms with Crippen LogP contribution in [0.1, 0.15) is 47.8 Å². The van der Waals surface area contributed by atoms with E-state index in [4.69, 9.17) is 13.6 Å². The summed E-state index contributed by atoms with van der Waals surface area (Å²) in [5.74, 6) is 0. The molecule has 2 N–H and O–H groups in total. The quantitative estimate of drug-likeness (QED) is 0.547. The largest absolute Gasteiger partial charge is 0.391 e. The molecule has 1 spiro atoms. The second-order valence-electron chi connectivity index (χ2n) is 9.90. The van der Waals surface area contributed by atoms with Gasteiger partial charge in [0.25, 0.3) is 5.56 Å². The molecule has 150 valence electrons. The fraction of sp³-hybridized carbons (Fsp3) is 0.778. The van der Waals surface area contributed by atoms with Gasteiger partial charge in [-0.25, -0.2) is 4.79 Å². The number of ether oxygens (including phenoxy) is 1. The molecule has 9 heteroatoms. The normalized spacial score (nSPS) is 35.3. The number of nitrogens with zero attached hydrogens (tertiary/aromatic N) is 1. The van der Waals surface area contributed by atoms with Crippen LogP contribution in [0.5, 0.6) is 0 Å². The molecule has 4 atom stereocenters.